The van der Waals surface area contributed by atoms with E-state index in [9.17, 15) is 4.79 Å². The summed E-state index contributed by atoms with van der Waals surface area (Å²) in [6.07, 6.45) is 9.32. The molecule has 1 atom stereocenters. The monoisotopic (exact) mass is 378 g/mol. The van der Waals surface area contributed by atoms with Crippen LogP contribution in [0.5, 0.6) is 0 Å². The van der Waals surface area contributed by atoms with Crippen molar-refractivity contribution in [1.29, 1.82) is 0 Å². The molecule has 7 nitrogen and oxygen atoms in total. The molecule has 0 aliphatic carbocycles. The Hall–Kier alpha value is -2.93. The molecular weight excluding hydrogens is 352 g/mol. The zero-order valence-corrected chi connectivity index (χ0v) is 16.1. The van der Waals surface area contributed by atoms with Crippen LogP contribution in [0.3, 0.4) is 0 Å². The molecule has 3 aromatic heterocycles. The van der Waals surface area contributed by atoms with E-state index in [0.717, 1.165) is 30.0 Å². The Kier molecular flexibility index (Phi) is 5.53. The minimum absolute atomic E-state index is 0.133. The van der Waals surface area contributed by atoms with Gasteiger partial charge in [0, 0.05) is 32.2 Å². The highest BCUT2D eigenvalue weighted by Crippen LogP contribution is 2.24. The molecule has 0 bridgehead atoms. The molecule has 146 valence electrons. The number of nitrogens with zero attached hydrogens (tertiary/aromatic N) is 4. The first-order valence-corrected chi connectivity index (χ1v) is 9.81. The van der Waals surface area contributed by atoms with Crippen molar-refractivity contribution in [1.82, 2.24) is 30.0 Å². The number of carbonyl (C=O) groups is 1. The molecule has 2 N–H and O–H groups in total. The van der Waals surface area contributed by atoms with Crippen molar-refractivity contribution in [2.45, 2.75) is 25.3 Å². The van der Waals surface area contributed by atoms with E-state index in [-0.39, 0.29) is 11.9 Å². The molecule has 0 unspecified atom stereocenters. The minimum Gasteiger partial charge on any atom is -0.349 e. The minimum atomic E-state index is -0.140. The zero-order valence-electron chi connectivity index (χ0n) is 16.1. The van der Waals surface area contributed by atoms with Gasteiger partial charge in [0.2, 0.25) is 0 Å². The Bertz CT molecular complexity index is 910. The van der Waals surface area contributed by atoms with Gasteiger partial charge in [-0.2, -0.15) is 5.10 Å². The molecule has 1 aliphatic rings. The van der Waals surface area contributed by atoms with E-state index in [2.05, 4.69) is 31.5 Å². The normalized spacial score (nSPS) is 16.0. The largest absolute Gasteiger partial charge is 0.349 e. The highest BCUT2D eigenvalue weighted by atomic mass is 16.1. The average Bonchev–Trinajstić information content (AvgIpc) is 3.38. The van der Waals surface area contributed by atoms with Gasteiger partial charge in [-0.05, 0) is 55.8 Å². The third-order valence-electron chi connectivity index (χ3n) is 5.39. The molecule has 1 amide bonds. The number of likely N-dealkylation sites (tertiary alicyclic amines) is 1. The second-order valence-corrected chi connectivity index (χ2v) is 7.28. The van der Waals surface area contributed by atoms with Gasteiger partial charge in [0.05, 0.1) is 11.7 Å². The first-order valence-electron chi connectivity index (χ1n) is 9.81. The van der Waals surface area contributed by atoms with E-state index in [1.807, 2.05) is 42.2 Å². The van der Waals surface area contributed by atoms with E-state index >= 15 is 0 Å². The Morgan fingerprint density at radius 2 is 2.11 bits per heavy atom. The Morgan fingerprint density at radius 3 is 2.82 bits per heavy atom. The molecule has 0 aromatic carbocycles. The standard InChI is InChI=1S/C21H26N6O/c1-26-10-6-8-19(26)17-13-18(25-24-17)21(28)23-15-20(16-7-5-9-22-14-16)27-11-3-2-4-12-27/h5-10,13-14,20H,2-4,11-12,15H2,1H3,(H,23,28)(H,24,25)/t20-/m0/s1. The van der Waals surface area contributed by atoms with Crippen LogP contribution in [0.4, 0.5) is 0 Å². The Balaban J connectivity index is 1.45. The van der Waals surface area contributed by atoms with E-state index in [4.69, 9.17) is 0 Å². The number of rotatable bonds is 6. The maximum Gasteiger partial charge on any atom is 0.269 e. The van der Waals surface area contributed by atoms with Crippen molar-refractivity contribution in [2.75, 3.05) is 19.6 Å². The summed E-state index contributed by atoms with van der Waals surface area (Å²) in [5.74, 6) is -0.140. The number of hydrogen-bond acceptors (Lipinski definition) is 4. The topological polar surface area (TPSA) is 78.8 Å². The maximum absolute atomic E-state index is 12.7. The SMILES string of the molecule is Cn1cccc1-c1cc(C(=O)NC[C@@H](c2cccnc2)N2CCCCC2)[nH]n1. The van der Waals surface area contributed by atoms with Gasteiger partial charge in [-0.15, -0.1) is 0 Å². The number of piperidine rings is 1. The number of nitrogens with one attached hydrogen (secondary N) is 2. The first kappa shape index (κ1) is 18.4. The average molecular weight is 378 g/mol. The summed E-state index contributed by atoms with van der Waals surface area (Å²) in [5, 5.41) is 10.2. The third kappa shape index (κ3) is 3.99. The van der Waals surface area contributed by atoms with Gasteiger partial charge < -0.3 is 9.88 Å². The van der Waals surface area contributed by atoms with E-state index < -0.39 is 0 Å². The number of pyridine rings is 1. The van der Waals surface area contributed by atoms with Crippen LogP contribution >= 0.6 is 0 Å². The Labute approximate surface area is 164 Å². The summed E-state index contributed by atoms with van der Waals surface area (Å²) in [4.78, 5) is 19.4. The van der Waals surface area contributed by atoms with Gasteiger partial charge in [-0.3, -0.25) is 19.8 Å². The number of carbonyl (C=O) groups excluding carboxylic acids is 1. The van der Waals surface area contributed by atoms with E-state index in [1.165, 1.54) is 19.3 Å². The van der Waals surface area contributed by atoms with Gasteiger partial charge in [0.1, 0.15) is 11.4 Å². The molecule has 0 radical (unpaired) electrons. The zero-order chi connectivity index (χ0) is 19.3. The summed E-state index contributed by atoms with van der Waals surface area (Å²) in [7, 11) is 1.96. The molecule has 3 aromatic rings. The fourth-order valence-electron chi connectivity index (χ4n) is 3.84. The predicted octanol–water partition coefficient (Wildman–Crippen LogP) is 2.77. The fraction of sp³-hybridized carbons (Fsp3) is 0.381. The number of aromatic amines is 1. The van der Waals surface area contributed by atoms with E-state index in [1.54, 1.807) is 12.3 Å². The molecular formula is C21H26N6O. The molecule has 1 fully saturated rings. The van der Waals surface area contributed by atoms with Gasteiger partial charge >= 0.3 is 0 Å². The van der Waals surface area contributed by atoms with Crippen molar-refractivity contribution in [2.24, 2.45) is 7.05 Å². The lowest BCUT2D eigenvalue weighted by molar-refractivity contribution is 0.0919. The lowest BCUT2D eigenvalue weighted by Crippen LogP contribution is -2.40. The van der Waals surface area contributed by atoms with Crippen LogP contribution in [-0.4, -0.2) is 50.2 Å². The van der Waals surface area contributed by atoms with Crippen LogP contribution in [0.2, 0.25) is 0 Å². The summed E-state index contributed by atoms with van der Waals surface area (Å²) in [6.45, 7) is 2.65. The van der Waals surface area contributed by atoms with Crippen LogP contribution < -0.4 is 5.32 Å². The number of H-pyrrole nitrogens is 1. The quantitative estimate of drug-likeness (QED) is 0.691. The second-order valence-electron chi connectivity index (χ2n) is 7.28. The van der Waals surface area contributed by atoms with Crippen molar-refractivity contribution in [3.8, 4) is 11.4 Å². The van der Waals surface area contributed by atoms with Gasteiger partial charge in [-0.1, -0.05) is 12.5 Å². The van der Waals surface area contributed by atoms with Crippen LogP contribution in [0, 0.1) is 0 Å². The fourth-order valence-corrected chi connectivity index (χ4v) is 3.84. The van der Waals surface area contributed by atoms with Gasteiger partial charge in [-0.25, -0.2) is 0 Å². The van der Waals surface area contributed by atoms with Crippen molar-refractivity contribution in [3.63, 3.8) is 0 Å². The molecule has 1 saturated heterocycles. The van der Waals surface area contributed by atoms with Gasteiger partial charge in [0.15, 0.2) is 0 Å². The van der Waals surface area contributed by atoms with Crippen LogP contribution in [-0.2, 0) is 7.05 Å². The molecule has 1 aliphatic heterocycles. The van der Waals surface area contributed by atoms with Crippen molar-refractivity contribution < 1.29 is 4.79 Å². The lowest BCUT2D eigenvalue weighted by Gasteiger charge is -2.34. The van der Waals surface area contributed by atoms with Crippen molar-refractivity contribution >= 4 is 5.91 Å². The predicted molar refractivity (Wildman–Crippen MR) is 108 cm³/mol. The third-order valence-corrected chi connectivity index (χ3v) is 5.39. The molecule has 4 rings (SSSR count). The molecule has 7 heteroatoms. The van der Waals surface area contributed by atoms with Gasteiger partial charge in [0.25, 0.3) is 5.91 Å². The van der Waals surface area contributed by atoms with E-state index in [0.29, 0.717) is 12.2 Å². The number of aromatic nitrogens is 4. The second kappa shape index (κ2) is 8.39. The summed E-state index contributed by atoms with van der Waals surface area (Å²) < 4.78 is 1.98. The van der Waals surface area contributed by atoms with Crippen LogP contribution in [0.15, 0.2) is 48.9 Å². The molecule has 4 heterocycles. The summed E-state index contributed by atoms with van der Waals surface area (Å²) in [5.41, 5.74) is 3.34. The lowest BCUT2D eigenvalue weighted by atomic mass is 10.0. The summed E-state index contributed by atoms with van der Waals surface area (Å²) in [6, 6.07) is 9.91. The number of aryl methyl sites for hydroxylation is 1. The number of hydrogen-bond donors (Lipinski definition) is 2. The Morgan fingerprint density at radius 1 is 1.25 bits per heavy atom. The molecule has 28 heavy (non-hydrogen) atoms. The van der Waals surface area contributed by atoms with Crippen LogP contribution in [0.25, 0.3) is 11.4 Å². The highest BCUT2D eigenvalue weighted by molar-refractivity contribution is 5.93. The number of amides is 1. The van der Waals surface area contributed by atoms with Crippen LogP contribution in [0.1, 0.15) is 41.4 Å². The first-order chi connectivity index (χ1) is 13.7. The molecule has 0 saturated carbocycles. The van der Waals surface area contributed by atoms with Crippen molar-refractivity contribution in [3.05, 3.63) is 60.2 Å². The summed E-state index contributed by atoms with van der Waals surface area (Å²) >= 11 is 0. The smallest absolute Gasteiger partial charge is 0.269 e. The highest BCUT2D eigenvalue weighted by Gasteiger charge is 2.23. The molecule has 0 spiro atoms. The maximum atomic E-state index is 12.7.